The Hall–Kier alpha value is -3.55. The highest BCUT2D eigenvalue weighted by molar-refractivity contribution is 6.32. The van der Waals surface area contributed by atoms with Gasteiger partial charge in [-0.15, -0.1) is 0 Å². The maximum absolute atomic E-state index is 13.8. The number of methoxy groups -OCH3 is 2. The molecule has 7 nitrogen and oxygen atoms in total. The zero-order valence-electron chi connectivity index (χ0n) is 18.9. The number of para-hydroxylation sites is 1. The second-order valence-corrected chi connectivity index (χ2v) is 8.57. The van der Waals surface area contributed by atoms with Gasteiger partial charge in [0.05, 0.1) is 31.6 Å². The predicted octanol–water partition coefficient (Wildman–Crippen LogP) is 4.72. The van der Waals surface area contributed by atoms with E-state index < -0.39 is 24.0 Å². The van der Waals surface area contributed by atoms with Crippen molar-refractivity contribution in [3.05, 3.63) is 82.9 Å². The molecule has 0 N–H and O–H groups in total. The SMILES string of the molecule is COc1ccc([C@H]2[C@@H]3C(=O)N(c4cccc(Cl)c4C)C(=O)[C@@H]3ON2c2ccccc2)c(OC)c1. The van der Waals surface area contributed by atoms with Crippen LogP contribution in [0.2, 0.25) is 5.02 Å². The maximum Gasteiger partial charge on any atom is 0.266 e. The quantitative estimate of drug-likeness (QED) is 0.494. The molecule has 2 amide bonds. The van der Waals surface area contributed by atoms with Gasteiger partial charge in [-0.1, -0.05) is 35.9 Å². The first-order valence-electron chi connectivity index (χ1n) is 10.8. The van der Waals surface area contributed by atoms with Crippen LogP contribution < -0.4 is 19.4 Å². The molecule has 2 saturated heterocycles. The first-order chi connectivity index (χ1) is 16.5. The predicted molar refractivity (Wildman–Crippen MR) is 128 cm³/mol. The average molecular weight is 479 g/mol. The second-order valence-electron chi connectivity index (χ2n) is 8.16. The number of rotatable bonds is 5. The summed E-state index contributed by atoms with van der Waals surface area (Å²) >= 11 is 6.29. The molecule has 3 aromatic carbocycles. The molecule has 0 aliphatic carbocycles. The number of anilines is 2. The summed E-state index contributed by atoms with van der Waals surface area (Å²) in [6.07, 6.45) is -0.983. The van der Waals surface area contributed by atoms with Crippen LogP contribution in [-0.2, 0) is 14.4 Å². The number of amides is 2. The molecule has 0 spiro atoms. The topological polar surface area (TPSA) is 68.3 Å². The first kappa shape index (κ1) is 22.3. The fraction of sp³-hybridized carbons (Fsp3) is 0.231. The summed E-state index contributed by atoms with van der Waals surface area (Å²) in [5.74, 6) is -0.397. The van der Waals surface area contributed by atoms with Gasteiger partial charge in [0.15, 0.2) is 6.10 Å². The van der Waals surface area contributed by atoms with Crippen LogP contribution in [0.25, 0.3) is 0 Å². The number of carbonyl (C=O) groups excluding carboxylic acids is 2. The van der Waals surface area contributed by atoms with E-state index in [1.54, 1.807) is 56.5 Å². The summed E-state index contributed by atoms with van der Waals surface area (Å²) in [6.45, 7) is 1.79. The number of fused-ring (bicyclic) bond motifs is 1. The van der Waals surface area contributed by atoms with Crippen LogP contribution in [0.4, 0.5) is 11.4 Å². The van der Waals surface area contributed by atoms with Crippen LogP contribution in [0.5, 0.6) is 11.5 Å². The third-order valence-corrected chi connectivity index (χ3v) is 6.77. The van der Waals surface area contributed by atoms with E-state index in [1.165, 1.54) is 4.90 Å². The molecule has 0 radical (unpaired) electrons. The van der Waals surface area contributed by atoms with Crippen molar-refractivity contribution in [2.45, 2.75) is 19.1 Å². The zero-order chi connectivity index (χ0) is 24.0. The van der Waals surface area contributed by atoms with E-state index >= 15 is 0 Å². The lowest BCUT2D eigenvalue weighted by atomic mass is 9.90. The molecule has 5 rings (SSSR count). The Morgan fingerprint density at radius 1 is 0.912 bits per heavy atom. The minimum Gasteiger partial charge on any atom is -0.497 e. The summed E-state index contributed by atoms with van der Waals surface area (Å²) in [5, 5.41) is 2.12. The third kappa shape index (κ3) is 3.40. The van der Waals surface area contributed by atoms with Crippen molar-refractivity contribution in [2.75, 3.05) is 24.2 Å². The number of halogens is 1. The third-order valence-electron chi connectivity index (χ3n) is 6.37. The van der Waals surface area contributed by atoms with Gasteiger partial charge in [0.1, 0.15) is 17.4 Å². The molecule has 0 bridgehead atoms. The summed E-state index contributed by atoms with van der Waals surface area (Å²) in [5.41, 5.74) is 2.56. The lowest BCUT2D eigenvalue weighted by Crippen LogP contribution is -2.37. The lowest BCUT2D eigenvalue weighted by molar-refractivity contribution is -0.126. The van der Waals surface area contributed by atoms with Crippen LogP contribution >= 0.6 is 11.6 Å². The average Bonchev–Trinajstić information content (AvgIpc) is 3.37. The summed E-state index contributed by atoms with van der Waals surface area (Å²) < 4.78 is 11.0. The van der Waals surface area contributed by atoms with E-state index in [0.29, 0.717) is 33.3 Å². The molecule has 0 aromatic heterocycles. The van der Waals surface area contributed by atoms with Crippen LogP contribution in [0.15, 0.2) is 66.7 Å². The van der Waals surface area contributed by atoms with Gasteiger partial charge in [-0.05, 0) is 48.9 Å². The van der Waals surface area contributed by atoms with Gasteiger partial charge in [0.25, 0.3) is 5.91 Å². The fourth-order valence-electron chi connectivity index (χ4n) is 4.67. The molecule has 2 fully saturated rings. The smallest absolute Gasteiger partial charge is 0.266 e. The largest absolute Gasteiger partial charge is 0.497 e. The molecule has 2 heterocycles. The van der Waals surface area contributed by atoms with Gasteiger partial charge in [0, 0.05) is 16.7 Å². The molecular formula is C26H23ClN2O5. The van der Waals surface area contributed by atoms with Gasteiger partial charge >= 0.3 is 0 Å². The minimum absolute atomic E-state index is 0.346. The standard InChI is InChI=1S/C26H23ClN2O5/c1-15-19(27)10-7-11-20(15)28-25(30)22-23(18-13-12-17(32-2)14-21(18)33-3)29(34-24(22)26(28)31)16-8-5-4-6-9-16/h4-14,22-24H,1-3H3/t22-,23-,24+/m0/s1. The number of hydrogen-bond donors (Lipinski definition) is 0. The Balaban J connectivity index is 1.64. The normalized spacial score (nSPS) is 21.7. The van der Waals surface area contributed by atoms with Crippen molar-refractivity contribution in [1.29, 1.82) is 0 Å². The molecule has 174 valence electrons. The van der Waals surface area contributed by atoms with Gasteiger partial charge in [-0.3, -0.25) is 14.4 Å². The van der Waals surface area contributed by atoms with E-state index in [-0.39, 0.29) is 5.91 Å². The highest BCUT2D eigenvalue weighted by Crippen LogP contribution is 2.50. The Kier molecular flexibility index (Phi) is 5.67. The van der Waals surface area contributed by atoms with Crippen LogP contribution in [0.1, 0.15) is 17.2 Å². The van der Waals surface area contributed by atoms with Crippen molar-refractivity contribution in [1.82, 2.24) is 0 Å². The van der Waals surface area contributed by atoms with Gasteiger partial charge in [-0.25, -0.2) is 9.96 Å². The number of hydrogen-bond acceptors (Lipinski definition) is 6. The highest BCUT2D eigenvalue weighted by Gasteiger charge is 2.61. The van der Waals surface area contributed by atoms with Crippen molar-refractivity contribution in [2.24, 2.45) is 5.92 Å². The van der Waals surface area contributed by atoms with Crippen molar-refractivity contribution in [3.63, 3.8) is 0 Å². The van der Waals surface area contributed by atoms with E-state index in [0.717, 1.165) is 5.69 Å². The van der Waals surface area contributed by atoms with Gasteiger partial charge in [-0.2, -0.15) is 0 Å². The number of imide groups is 1. The Morgan fingerprint density at radius 2 is 1.68 bits per heavy atom. The number of nitrogens with zero attached hydrogens (tertiary/aromatic N) is 2. The number of ether oxygens (including phenoxy) is 2. The molecule has 3 aromatic rings. The molecule has 2 aliphatic rings. The fourth-order valence-corrected chi connectivity index (χ4v) is 4.84. The first-order valence-corrected chi connectivity index (χ1v) is 11.2. The van der Waals surface area contributed by atoms with Crippen molar-refractivity contribution < 1.29 is 23.9 Å². The van der Waals surface area contributed by atoms with Crippen LogP contribution in [0.3, 0.4) is 0 Å². The van der Waals surface area contributed by atoms with E-state index in [1.807, 2.05) is 36.4 Å². The Bertz CT molecular complexity index is 1270. The summed E-state index contributed by atoms with van der Waals surface area (Å²) in [7, 11) is 3.13. The lowest BCUT2D eigenvalue weighted by Gasteiger charge is -2.30. The van der Waals surface area contributed by atoms with Crippen LogP contribution in [0, 0.1) is 12.8 Å². The molecule has 8 heteroatoms. The molecule has 0 saturated carbocycles. The number of benzene rings is 3. The summed E-state index contributed by atoms with van der Waals surface area (Å²) in [4.78, 5) is 34.8. The molecular weight excluding hydrogens is 456 g/mol. The summed E-state index contributed by atoms with van der Waals surface area (Å²) in [6, 6.07) is 19.4. The maximum atomic E-state index is 13.8. The van der Waals surface area contributed by atoms with Gasteiger partial charge < -0.3 is 9.47 Å². The molecule has 0 unspecified atom stereocenters. The minimum atomic E-state index is -0.983. The van der Waals surface area contributed by atoms with Gasteiger partial charge in [0.2, 0.25) is 5.91 Å². The van der Waals surface area contributed by atoms with E-state index in [9.17, 15) is 9.59 Å². The Morgan fingerprint density at radius 3 is 2.38 bits per heavy atom. The Labute approximate surface area is 202 Å². The van der Waals surface area contributed by atoms with Crippen molar-refractivity contribution in [3.8, 4) is 11.5 Å². The number of hydroxylamine groups is 1. The molecule has 3 atom stereocenters. The zero-order valence-corrected chi connectivity index (χ0v) is 19.7. The molecule has 34 heavy (non-hydrogen) atoms. The monoisotopic (exact) mass is 478 g/mol. The van der Waals surface area contributed by atoms with E-state index in [4.69, 9.17) is 25.9 Å². The second kappa shape index (κ2) is 8.66. The number of carbonyl (C=O) groups is 2. The highest BCUT2D eigenvalue weighted by atomic mass is 35.5. The van der Waals surface area contributed by atoms with E-state index in [2.05, 4.69) is 0 Å². The molecule has 2 aliphatic heterocycles. The van der Waals surface area contributed by atoms with Crippen LogP contribution in [-0.4, -0.2) is 32.1 Å². The van der Waals surface area contributed by atoms with Crippen molar-refractivity contribution >= 4 is 34.8 Å².